The molecule has 1 aromatic rings. The molecule has 0 bridgehead atoms. The van der Waals surface area contributed by atoms with Crippen molar-refractivity contribution in [1.29, 1.82) is 0 Å². The Hall–Kier alpha value is -1.23. The fourth-order valence-electron chi connectivity index (χ4n) is 1.39. The van der Waals surface area contributed by atoms with Crippen molar-refractivity contribution >= 4 is 27.5 Å². The van der Waals surface area contributed by atoms with Crippen molar-refractivity contribution in [3.05, 3.63) is 28.2 Å². The first-order chi connectivity index (χ1) is 7.61. The van der Waals surface area contributed by atoms with Crippen LogP contribution in [0.3, 0.4) is 0 Å². The fraction of sp³-hybridized carbons (Fsp3) is 0.364. The average molecular weight is 286 g/mol. The summed E-state index contributed by atoms with van der Waals surface area (Å²) in [6.07, 6.45) is 1.43. The van der Waals surface area contributed by atoms with Gasteiger partial charge in [0.2, 0.25) is 0 Å². The van der Waals surface area contributed by atoms with E-state index in [0.29, 0.717) is 6.42 Å². The number of oxime groups is 1. The van der Waals surface area contributed by atoms with E-state index in [4.69, 9.17) is 10.9 Å². The van der Waals surface area contributed by atoms with Gasteiger partial charge in [-0.25, -0.2) is 0 Å². The SMILES string of the molecule is Cc1cc(Br)cc(NCCC/C(N)=N/O)c1. The molecule has 0 aromatic heterocycles. The lowest BCUT2D eigenvalue weighted by molar-refractivity contribution is 0.316. The van der Waals surface area contributed by atoms with E-state index in [-0.39, 0.29) is 5.84 Å². The summed E-state index contributed by atoms with van der Waals surface area (Å²) in [7, 11) is 0. The molecule has 0 spiro atoms. The molecule has 0 saturated heterocycles. The third-order valence-corrected chi connectivity index (χ3v) is 2.57. The smallest absolute Gasteiger partial charge is 0.139 e. The lowest BCUT2D eigenvalue weighted by atomic mass is 10.2. The monoisotopic (exact) mass is 285 g/mol. The van der Waals surface area contributed by atoms with Crippen LogP contribution >= 0.6 is 15.9 Å². The third kappa shape index (κ3) is 4.53. The lowest BCUT2D eigenvalue weighted by Crippen LogP contribution is -2.13. The largest absolute Gasteiger partial charge is 0.409 e. The molecule has 0 saturated carbocycles. The summed E-state index contributed by atoms with van der Waals surface area (Å²) in [6, 6.07) is 6.16. The van der Waals surface area contributed by atoms with Crippen LogP contribution < -0.4 is 11.1 Å². The number of hydrogen-bond acceptors (Lipinski definition) is 3. The zero-order chi connectivity index (χ0) is 12.0. The van der Waals surface area contributed by atoms with Crippen LogP contribution in [-0.4, -0.2) is 17.6 Å². The number of rotatable bonds is 5. The molecule has 0 amide bonds. The highest BCUT2D eigenvalue weighted by Gasteiger charge is 1.97. The summed E-state index contributed by atoms with van der Waals surface area (Å²) < 4.78 is 1.06. The minimum absolute atomic E-state index is 0.271. The standard InChI is InChI=1S/C11H16BrN3O/c1-8-5-9(12)7-10(6-8)14-4-2-3-11(13)15-16/h5-7,14,16H,2-4H2,1H3,(H2,13,15). The van der Waals surface area contributed by atoms with Crippen LogP contribution in [0, 0.1) is 6.92 Å². The predicted octanol–water partition coefficient (Wildman–Crippen LogP) is 2.70. The lowest BCUT2D eigenvalue weighted by Gasteiger charge is -2.07. The van der Waals surface area contributed by atoms with Crippen molar-refractivity contribution in [3.63, 3.8) is 0 Å². The second-order valence-corrected chi connectivity index (χ2v) is 4.55. The molecule has 0 atom stereocenters. The first-order valence-electron chi connectivity index (χ1n) is 5.09. The fourth-order valence-corrected chi connectivity index (χ4v) is 2.00. The maximum atomic E-state index is 8.36. The molecule has 0 heterocycles. The first kappa shape index (κ1) is 12.8. The highest BCUT2D eigenvalue weighted by Crippen LogP contribution is 2.18. The van der Waals surface area contributed by atoms with Gasteiger partial charge in [-0.15, -0.1) is 0 Å². The molecule has 0 radical (unpaired) electrons. The van der Waals surface area contributed by atoms with Crippen LogP contribution in [0.4, 0.5) is 5.69 Å². The van der Waals surface area contributed by atoms with E-state index in [1.165, 1.54) is 5.56 Å². The van der Waals surface area contributed by atoms with E-state index in [9.17, 15) is 0 Å². The molecule has 0 aliphatic carbocycles. The molecule has 4 nitrogen and oxygen atoms in total. The van der Waals surface area contributed by atoms with Crippen molar-refractivity contribution in [2.75, 3.05) is 11.9 Å². The maximum Gasteiger partial charge on any atom is 0.139 e. The first-order valence-corrected chi connectivity index (χ1v) is 5.88. The molecule has 16 heavy (non-hydrogen) atoms. The van der Waals surface area contributed by atoms with Gasteiger partial charge in [0.25, 0.3) is 0 Å². The number of aryl methyl sites for hydroxylation is 1. The van der Waals surface area contributed by atoms with Crippen molar-refractivity contribution in [1.82, 2.24) is 0 Å². The van der Waals surface area contributed by atoms with Gasteiger partial charge in [-0.2, -0.15) is 0 Å². The van der Waals surface area contributed by atoms with Crippen LogP contribution in [0.15, 0.2) is 27.8 Å². The van der Waals surface area contributed by atoms with Gasteiger partial charge in [-0.1, -0.05) is 21.1 Å². The van der Waals surface area contributed by atoms with Crippen LogP contribution in [0.1, 0.15) is 18.4 Å². The van der Waals surface area contributed by atoms with Crippen molar-refractivity contribution < 1.29 is 5.21 Å². The topological polar surface area (TPSA) is 70.6 Å². The van der Waals surface area contributed by atoms with Crippen LogP contribution in [0.5, 0.6) is 0 Å². The Balaban J connectivity index is 2.37. The number of amidine groups is 1. The number of benzene rings is 1. The Morgan fingerprint density at radius 1 is 1.50 bits per heavy atom. The summed E-state index contributed by atoms with van der Waals surface area (Å²) in [5, 5.41) is 14.6. The van der Waals surface area contributed by atoms with E-state index in [0.717, 1.165) is 23.1 Å². The Morgan fingerprint density at radius 3 is 2.88 bits per heavy atom. The average Bonchev–Trinajstić information content (AvgIpc) is 2.22. The molecule has 1 rings (SSSR count). The quantitative estimate of drug-likeness (QED) is 0.256. The van der Waals surface area contributed by atoms with Gasteiger partial charge in [-0.3, -0.25) is 0 Å². The predicted molar refractivity (Wildman–Crippen MR) is 70.0 cm³/mol. The van der Waals surface area contributed by atoms with Gasteiger partial charge in [0, 0.05) is 23.1 Å². The van der Waals surface area contributed by atoms with Crippen molar-refractivity contribution in [2.45, 2.75) is 19.8 Å². The minimum Gasteiger partial charge on any atom is -0.409 e. The van der Waals surface area contributed by atoms with Crippen LogP contribution in [0.2, 0.25) is 0 Å². The second kappa shape index (κ2) is 6.37. The number of nitrogens with one attached hydrogen (secondary N) is 1. The van der Waals surface area contributed by atoms with E-state index in [2.05, 4.69) is 38.5 Å². The van der Waals surface area contributed by atoms with E-state index >= 15 is 0 Å². The summed E-state index contributed by atoms with van der Waals surface area (Å²) in [4.78, 5) is 0. The van der Waals surface area contributed by atoms with Gasteiger partial charge in [0.05, 0.1) is 0 Å². The number of nitrogens with two attached hydrogens (primary N) is 1. The molecular formula is C11H16BrN3O. The zero-order valence-corrected chi connectivity index (χ0v) is 10.8. The van der Waals surface area contributed by atoms with Gasteiger partial charge in [0.1, 0.15) is 5.84 Å². The van der Waals surface area contributed by atoms with Gasteiger partial charge < -0.3 is 16.3 Å². The van der Waals surface area contributed by atoms with Gasteiger partial charge in [-0.05, 0) is 37.1 Å². The summed E-state index contributed by atoms with van der Waals surface area (Å²) in [6.45, 7) is 2.85. The van der Waals surface area contributed by atoms with Crippen molar-refractivity contribution in [2.24, 2.45) is 10.9 Å². The van der Waals surface area contributed by atoms with E-state index < -0.39 is 0 Å². The van der Waals surface area contributed by atoms with Crippen LogP contribution in [-0.2, 0) is 0 Å². The number of halogens is 1. The molecular weight excluding hydrogens is 270 g/mol. The molecule has 0 unspecified atom stereocenters. The molecule has 0 fully saturated rings. The minimum atomic E-state index is 0.271. The Bertz CT molecular complexity index is 359. The third-order valence-electron chi connectivity index (χ3n) is 2.11. The highest BCUT2D eigenvalue weighted by atomic mass is 79.9. The highest BCUT2D eigenvalue weighted by molar-refractivity contribution is 9.10. The Kier molecular flexibility index (Phi) is 5.11. The number of anilines is 1. The van der Waals surface area contributed by atoms with Gasteiger partial charge in [0.15, 0.2) is 0 Å². The summed E-state index contributed by atoms with van der Waals surface area (Å²) in [5.74, 6) is 0.271. The molecule has 88 valence electrons. The van der Waals surface area contributed by atoms with E-state index in [1.54, 1.807) is 0 Å². The van der Waals surface area contributed by atoms with Gasteiger partial charge >= 0.3 is 0 Å². The molecule has 4 N–H and O–H groups in total. The summed E-state index contributed by atoms with van der Waals surface area (Å²) in [5.41, 5.74) is 7.64. The molecule has 1 aromatic carbocycles. The van der Waals surface area contributed by atoms with Crippen molar-refractivity contribution in [3.8, 4) is 0 Å². The normalized spacial score (nSPS) is 11.5. The molecule has 0 aliphatic heterocycles. The number of nitrogens with zero attached hydrogens (tertiary/aromatic N) is 1. The maximum absolute atomic E-state index is 8.36. The van der Waals surface area contributed by atoms with E-state index in [1.807, 2.05) is 13.0 Å². The summed E-state index contributed by atoms with van der Waals surface area (Å²) >= 11 is 3.44. The molecule has 5 heteroatoms. The number of hydrogen-bond donors (Lipinski definition) is 3. The Morgan fingerprint density at radius 2 is 2.25 bits per heavy atom. The Labute approximate surface area is 104 Å². The van der Waals surface area contributed by atoms with Crippen LogP contribution in [0.25, 0.3) is 0 Å². The molecule has 0 aliphatic rings. The zero-order valence-electron chi connectivity index (χ0n) is 9.20. The second-order valence-electron chi connectivity index (χ2n) is 3.64.